The number of hydrogen-bond donors (Lipinski definition) is 3. The molecule has 1 aromatic carbocycles. The zero-order valence-corrected chi connectivity index (χ0v) is 11.6. The number of carbonyl (C=O) groups excluding carboxylic acids is 1. The van der Waals surface area contributed by atoms with E-state index in [-0.39, 0.29) is 10.9 Å². The van der Waals surface area contributed by atoms with Crippen LogP contribution in [0.25, 0.3) is 0 Å². The van der Waals surface area contributed by atoms with Crippen molar-refractivity contribution in [2.24, 2.45) is 5.73 Å². The average Bonchev–Trinajstić information content (AvgIpc) is 2.39. The summed E-state index contributed by atoms with van der Waals surface area (Å²) in [6.07, 6.45) is 3.04. The first-order chi connectivity index (χ1) is 9.54. The summed E-state index contributed by atoms with van der Waals surface area (Å²) in [4.78, 5) is 19.5. The van der Waals surface area contributed by atoms with Crippen LogP contribution in [-0.4, -0.2) is 20.9 Å². The number of aromatic nitrogens is 2. The Morgan fingerprint density at radius 1 is 1.25 bits per heavy atom. The maximum absolute atomic E-state index is 11.0. The normalized spacial score (nSPS) is 9.85. The van der Waals surface area contributed by atoms with Crippen molar-refractivity contribution in [2.75, 3.05) is 10.6 Å². The molecule has 2 rings (SSSR count). The van der Waals surface area contributed by atoms with E-state index in [1.165, 1.54) is 13.1 Å². The van der Waals surface area contributed by atoms with Crippen molar-refractivity contribution in [3.8, 4) is 0 Å². The number of amides is 1. The molecule has 0 radical (unpaired) electrons. The molecule has 7 heteroatoms. The zero-order valence-electron chi connectivity index (χ0n) is 10.8. The lowest BCUT2D eigenvalue weighted by Gasteiger charge is -2.08. The van der Waals surface area contributed by atoms with E-state index in [0.717, 1.165) is 5.69 Å². The van der Waals surface area contributed by atoms with Crippen molar-refractivity contribution in [3.05, 3.63) is 42.4 Å². The van der Waals surface area contributed by atoms with Crippen LogP contribution in [0.15, 0.2) is 36.7 Å². The van der Waals surface area contributed by atoms with Crippen molar-refractivity contribution in [1.29, 1.82) is 0 Å². The van der Waals surface area contributed by atoms with Gasteiger partial charge in [0.05, 0.1) is 12.4 Å². The fraction of sp³-hybridized carbons (Fsp3) is 0.0769. The predicted molar refractivity (Wildman–Crippen MR) is 81.9 cm³/mol. The number of thiocarbonyl (C=S) groups is 1. The number of carbonyl (C=O) groups is 1. The first-order valence-corrected chi connectivity index (χ1v) is 6.22. The molecule has 1 heterocycles. The number of nitrogens with two attached hydrogens (primary N) is 1. The Bertz CT molecular complexity index is 641. The molecule has 0 saturated carbocycles. The second-order valence-corrected chi connectivity index (χ2v) is 4.48. The molecule has 0 aliphatic carbocycles. The summed E-state index contributed by atoms with van der Waals surface area (Å²) in [6.45, 7) is 1.46. The molecule has 6 nitrogen and oxygen atoms in total. The van der Waals surface area contributed by atoms with Crippen LogP contribution < -0.4 is 16.4 Å². The minimum atomic E-state index is -0.122. The minimum absolute atomic E-state index is 0.122. The Balaban J connectivity index is 2.13. The quantitative estimate of drug-likeness (QED) is 0.743. The third-order valence-electron chi connectivity index (χ3n) is 2.36. The van der Waals surface area contributed by atoms with E-state index in [0.29, 0.717) is 17.2 Å². The van der Waals surface area contributed by atoms with E-state index in [1.54, 1.807) is 18.3 Å². The van der Waals surface area contributed by atoms with Crippen LogP contribution in [0.5, 0.6) is 0 Å². The molecular weight excluding hydrogens is 274 g/mol. The first-order valence-electron chi connectivity index (χ1n) is 5.81. The van der Waals surface area contributed by atoms with E-state index in [1.807, 2.05) is 12.1 Å². The maximum Gasteiger partial charge on any atom is 0.221 e. The summed E-state index contributed by atoms with van der Waals surface area (Å²) in [5.74, 6) is 0.438. The molecule has 1 aromatic heterocycles. The third-order valence-corrected chi connectivity index (χ3v) is 2.57. The fourth-order valence-electron chi connectivity index (χ4n) is 1.55. The van der Waals surface area contributed by atoms with Gasteiger partial charge in [-0.3, -0.25) is 4.79 Å². The van der Waals surface area contributed by atoms with Crippen molar-refractivity contribution in [3.63, 3.8) is 0 Å². The zero-order chi connectivity index (χ0) is 14.5. The number of nitrogens with zero attached hydrogens (tertiary/aromatic N) is 2. The smallest absolute Gasteiger partial charge is 0.221 e. The van der Waals surface area contributed by atoms with E-state index < -0.39 is 0 Å². The highest BCUT2D eigenvalue weighted by molar-refractivity contribution is 7.80. The number of anilines is 3. The van der Waals surface area contributed by atoms with Crippen LogP contribution in [0, 0.1) is 0 Å². The van der Waals surface area contributed by atoms with Gasteiger partial charge in [0.2, 0.25) is 5.91 Å². The highest BCUT2D eigenvalue weighted by Crippen LogP contribution is 2.18. The lowest BCUT2D eigenvalue weighted by molar-refractivity contribution is -0.114. The van der Waals surface area contributed by atoms with Gasteiger partial charge in [0.25, 0.3) is 0 Å². The third kappa shape index (κ3) is 3.72. The van der Waals surface area contributed by atoms with Crippen molar-refractivity contribution in [2.45, 2.75) is 6.92 Å². The highest BCUT2D eigenvalue weighted by atomic mass is 32.1. The highest BCUT2D eigenvalue weighted by Gasteiger charge is 2.02. The fourth-order valence-corrected chi connectivity index (χ4v) is 1.65. The average molecular weight is 287 g/mol. The second-order valence-electron chi connectivity index (χ2n) is 4.04. The predicted octanol–water partition coefficient (Wildman–Crippen LogP) is 1.81. The van der Waals surface area contributed by atoms with Gasteiger partial charge in [-0.2, -0.15) is 0 Å². The van der Waals surface area contributed by atoms with Gasteiger partial charge in [0.15, 0.2) is 0 Å². The Morgan fingerprint density at radius 3 is 2.60 bits per heavy atom. The number of rotatable bonds is 4. The van der Waals surface area contributed by atoms with Crippen LogP contribution >= 0.6 is 12.2 Å². The van der Waals surface area contributed by atoms with Crippen LogP contribution in [0.4, 0.5) is 17.2 Å². The molecule has 0 atom stereocenters. The number of nitrogens with one attached hydrogen (secondary N) is 2. The Hall–Kier alpha value is -2.54. The molecule has 4 N–H and O–H groups in total. The van der Waals surface area contributed by atoms with Gasteiger partial charge in [-0.15, -0.1) is 0 Å². The molecule has 20 heavy (non-hydrogen) atoms. The van der Waals surface area contributed by atoms with Crippen molar-refractivity contribution >= 4 is 40.3 Å². The largest absolute Gasteiger partial charge is 0.388 e. The summed E-state index contributed by atoms with van der Waals surface area (Å²) >= 11 is 4.81. The van der Waals surface area contributed by atoms with Crippen LogP contribution in [-0.2, 0) is 4.79 Å². The molecule has 0 fully saturated rings. The Labute approximate surface area is 121 Å². The van der Waals surface area contributed by atoms with Gasteiger partial charge in [-0.25, -0.2) is 9.97 Å². The van der Waals surface area contributed by atoms with Gasteiger partial charge < -0.3 is 16.4 Å². The number of hydrogen-bond acceptors (Lipinski definition) is 5. The van der Waals surface area contributed by atoms with Gasteiger partial charge in [-0.05, 0) is 18.2 Å². The second kappa shape index (κ2) is 6.07. The van der Waals surface area contributed by atoms with Crippen LogP contribution in [0.3, 0.4) is 0 Å². The lowest BCUT2D eigenvalue weighted by atomic mass is 10.2. The lowest BCUT2D eigenvalue weighted by Crippen LogP contribution is -2.12. The molecule has 2 aromatic rings. The minimum Gasteiger partial charge on any atom is -0.388 e. The standard InChI is InChI=1S/C13H13N5OS/c1-8(19)17-9-3-2-4-10(5-9)18-12-7-15-11(6-16-12)13(14)20/h2-7H,1H3,(H2,14,20)(H,16,18)(H,17,19). The Morgan fingerprint density at radius 2 is 2.00 bits per heavy atom. The molecule has 0 aliphatic rings. The monoisotopic (exact) mass is 287 g/mol. The van der Waals surface area contributed by atoms with Gasteiger partial charge in [0, 0.05) is 18.3 Å². The van der Waals surface area contributed by atoms with Gasteiger partial charge in [-0.1, -0.05) is 18.3 Å². The van der Waals surface area contributed by atoms with Crippen LogP contribution in [0.2, 0.25) is 0 Å². The van der Waals surface area contributed by atoms with E-state index in [9.17, 15) is 4.79 Å². The van der Waals surface area contributed by atoms with E-state index in [4.69, 9.17) is 18.0 Å². The SMILES string of the molecule is CC(=O)Nc1cccc(Nc2cnc(C(N)=S)cn2)c1. The summed E-state index contributed by atoms with van der Waals surface area (Å²) in [6, 6.07) is 7.28. The van der Waals surface area contributed by atoms with Gasteiger partial charge >= 0.3 is 0 Å². The maximum atomic E-state index is 11.0. The summed E-state index contributed by atoms with van der Waals surface area (Å²) in [5, 5.41) is 5.78. The molecule has 0 saturated heterocycles. The summed E-state index contributed by atoms with van der Waals surface area (Å²) < 4.78 is 0. The van der Waals surface area contributed by atoms with Crippen molar-refractivity contribution in [1.82, 2.24) is 9.97 Å². The molecule has 0 bridgehead atoms. The van der Waals surface area contributed by atoms with Gasteiger partial charge in [0.1, 0.15) is 16.5 Å². The molecule has 1 amide bonds. The molecule has 102 valence electrons. The van der Waals surface area contributed by atoms with Crippen LogP contribution in [0.1, 0.15) is 12.6 Å². The van der Waals surface area contributed by atoms with Crippen molar-refractivity contribution < 1.29 is 4.79 Å². The Kier molecular flexibility index (Phi) is 4.21. The summed E-state index contributed by atoms with van der Waals surface area (Å²) in [7, 11) is 0. The summed E-state index contributed by atoms with van der Waals surface area (Å²) in [5.41, 5.74) is 7.41. The first kappa shape index (κ1) is 13.9. The molecule has 0 aliphatic heterocycles. The number of benzene rings is 1. The topological polar surface area (TPSA) is 92.9 Å². The molecule has 0 unspecified atom stereocenters. The van der Waals surface area contributed by atoms with E-state index in [2.05, 4.69) is 20.6 Å². The molecule has 0 spiro atoms. The molecular formula is C13H13N5OS. The van der Waals surface area contributed by atoms with E-state index >= 15 is 0 Å².